The van der Waals surface area contributed by atoms with Crippen LogP contribution in [-0.4, -0.2) is 44.5 Å². The molecule has 0 saturated carbocycles. The van der Waals surface area contributed by atoms with Crippen LogP contribution >= 0.6 is 24.0 Å². The second kappa shape index (κ2) is 7.67. The van der Waals surface area contributed by atoms with E-state index in [0.29, 0.717) is 23.3 Å². The SMILES string of the molecule is CCCC(C(=O)O)N1C(=O)/C(=C/c2ccc(O)c(OC)c2)SC1=S. The number of hydrogen-bond donors (Lipinski definition) is 2. The molecule has 1 aliphatic rings. The average molecular weight is 367 g/mol. The van der Waals surface area contributed by atoms with E-state index < -0.39 is 17.9 Å². The number of phenolic OH excluding ortho intramolecular Hbond substituents is 1. The van der Waals surface area contributed by atoms with Gasteiger partial charge in [-0.25, -0.2) is 4.79 Å². The van der Waals surface area contributed by atoms with E-state index in [-0.39, 0.29) is 15.8 Å². The van der Waals surface area contributed by atoms with Crippen molar-refractivity contribution in [2.45, 2.75) is 25.8 Å². The van der Waals surface area contributed by atoms with Gasteiger partial charge in [0.25, 0.3) is 5.91 Å². The van der Waals surface area contributed by atoms with Crippen molar-refractivity contribution in [3.63, 3.8) is 0 Å². The Morgan fingerprint density at radius 3 is 2.79 bits per heavy atom. The number of carbonyl (C=O) groups is 2. The molecule has 1 aromatic rings. The number of thioether (sulfide) groups is 1. The maximum Gasteiger partial charge on any atom is 0.326 e. The van der Waals surface area contributed by atoms with Crippen molar-refractivity contribution in [2.24, 2.45) is 0 Å². The molecule has 0 bridgehead atoms. The first-order chi connectivity index (χ1) is 11.4. The molecule has 1 aromatic carbocycles. The third kappa shape index (κ3) is 3.70. The van der Waals surface area contributed by atoms with Crippen molar-refractivity contribution in [3.8, 4) is 11.5 Å². The summed E-state index contributed by atoms with van der Waals surface area (Å²) in [5, 5.41) is 19.0. The summed E-state index contributed by atoms with van der Waals surface area (Å²) in [5.74, 6) is -1.21. The van der Waals surface area contributed by atoms with E-state index in [1.165, 1.54) is 13.2 Å². The molecule has 1 heterocycles. The first kappa shape index (κ1) is 18.3. The predicted molar refractivity (Wildman–Crippen MR) is 96.0 cm³/mol. The minimum atomic E-state index is -1.07. The molecule has 1 amide bonds. The Morgan fingerprint density at radius 1 is 1.50 bits per heavy atom. The fraction of sp³-hybridized carbons (Fsp3) is 0.312. The van der Waals surface area contributed by atoms with E-state index in [2.05, 4.69) is 0 Å². The smallest absolute Gasteiger partial charge is 0.326 e. The number of amides is 1. The standard InChI is InChI=1S/C16H17NO5S2/c1-3-4-10(15(20)21)17-14(19)13(24-16(17)23)8-9-5-6-11(18)12(7-9)22-2/h5-8,10,18H,3-4H2,1-2H3,(H,20,21)/b13-8-. The number of carboxylic acid groups (broad SMARTS) is 1. The number of rotatable bonds is 6. The third-order valence-corrected chi connectivity index (χ3v) is 4.81. The Bertz CT molecular complexity index is 716. The van der Waals surface area contributed by atoms with Gasteiger partial charge in [0.05, 0.1) is 12.0 Å². The molecule has 2 N–H and O–H groups in total. The largest absolute Gasteiger partial charge is 0.504 e. The topological polar surface area (TPSA) is 87.1 Å². The van der Waals surface area contributed by atoms with Crippen molar-refractivity contribution < 1.29 is 24.5 Å². The van der Waals surface area contributed by atoms with Gasteiger partial charge in [-0.15, -0.1) is 0 Å². The Balaban J connectivity index is 2.32. The predicted octanol–water partition coefficient (Wildman–Crippen LogP) is 2.86. The number of ether oxygens (including phenoxy) is 1. The van der Waals surface area contributed by atoms with Gasteiger partial charge in [-0.05, 0) is 30.2 Å². The highest BCUT2D eigenvalue weighted by atomic mass is 32.2. The molecule has 1 unspecified atom stereocenters. The maximum absolute atomic E-state index is 12.6. The molecule has 8 heteroatoms. The molecule has 1 atom stereocenters. The first-order valence-corrected chi connectivity index (χ1v) is 8.48. The zero-order valence-electron chi connectivity index (χ0n) is 13.2. The maximum atomic E-state index is 12.6. The Labute approximate surface area is 149 Å². The lowest BCUT2D eigenvalue weighted by Gasteiger charge is -2.22. The van der Waals surface area contributed by atoms with Gasteiger partial charge >= 0.3 is 5.97 Å². The summed E-state index contributed by atoms with van der Waals surface area (Å²) in [6.45, 7) is 1.85. The monoisotopic (exact) mass is 367 g/mol. The Morgan fingerprint density at radius 2 is 2.21 bits per heavy atom. The molecule has 1 saturated heterocycles. The van der Waals surface area contributed by atoms with Crippen LogP contribution in [0.4, 0.5) is 0 Å². The third-order valence-electron chi connectivity index (χ3n) is 3.48. The molecule has 0 aliphatic carbocycles. The fourth-order valence-corrected chi connectivity index (χ4v) is 3.68. The lowest BCUT2D eigenvalue weighted by atomic mass is 10.1. The van der Waals surface area contributed by atoms with Gasteiger partial charge in [0.2, 0.25) is 0 Å². The highest BCUT2D eigenvalue weighted by Crippen LogP contribution is 2.36. The van der Waals surface area contributed by atoms with Gasteiger partial charge in [-0.1, -0.05) is 43.4 Å². The molecule has 1 aliphatic heterocycles. The zero-order chi connectivity index (χ0) is 17.9. The van der Waals surface area contributed by atoms with Crippen LogP contribution in [0.2, 0.25) is 0 Å². The number of thiocarbonyl (C=S) groups is 1. The fourth-order valence-electron chi connectivity index (χ4n) is 2.32. The summed E-state index contributed by atoms with van der Waals surface area (Å²) in [6, 6.07) is 3.72. The molecule has 0 aromatic heterocycles. The van der Waals surface area contributed by atoms with E-state index in [9.17, 15) is 19.8 Å². The van der Waals surface area contributed by atoms with E-state index in [1.807, 2.05) is 6.92 Å². The number of carboxylic acids is 1. The molecule has 2 rings (SSSR count). The highest BCUT2D eigenvalue weighted by molar-refractivity contribution is 8.26. The van der Waals surface area contributed by atoms with E-state index in [4.69, 9.17) is 17.0 Å². The van der Waals surface area contributed by atoms with Crippen LogP contribution in [0.1, 0.15) is 25.3 Å². The molecular formula is C16H17NO5S2. The lowest BCUT2D eigenvalue weighted by molar-refractivity contribution is -0.145. The first-order valence-electron chi connectivity index (χ1n) is 7.26. The number of aromatic hydroxyl groups is 1. The number of hydrogen-bond acceptors (Lipinski definition) is 6. The highest BCUT2D eigenvalue weighted by Gasteiger charge is 2.39. The zero-order valence-corrected chi connectivity index (χ0v) is 14.8. The number of carbonyl (C=O) groups excluding carboxylic acids is 1. The number of nitrogens with zero attached hydrogens (tertiary/aromatic N) is 1. The summed E-state index contributed by atoms with van der Waals surface area (Å²) in [5.41, 5.74) is 0.646. The number of phenols is 1. The van der Waals surface area contributed by atoms with Crippen LogP contribution in [0.25, 0.3) is 6.08 Å². The minimum absolute atomic E-state index is 0.00362. The normalized spacial score (nSPS) is 17.4. The second-order valence-corrected chi connectivity index (χ2v) is 6.80. The van der Waals surface area contributed by atoms with Crippen LogP contribution < -0.4 is 4.74 Å². The van der Waals surface area contributed by atoms with Crippen molar-refractivity contribution in [3.05, 3.63) is 28.7 Å². The van der Waals surface area contributed by atoms with E-state index in [0.717, 1.165) is 16.7 Å². The van der Waals surface area contributed by atoms with Crippen LogP contribution in [0.5, 0.6) is 11.5 Å². The second-order valence-electron chi connectivity index (χ2n) is 5.13. The summed E-state index contributed by atoms with van der Waals surface area (Å²) >= 11 is 6.26. The number of methoxy groups -OCH3 is 1. The lowest BCUT2D eigenvalue weighted by Crippen LogP contribution is -2.43. The molecule has 0 radical (unpaired) electrons. The van der Waals surface area contributed by atoms with Gasteiger partial charge < -0.3 is 14.9 Å². The summed E-state index contributed by atoms with van der Waals surface area (Å²) in [6.07, 6.45) is 2.57. The van der Waals surface area contributed by atoms with Gasteiger partial charge in [-0.3, -0.25) is 9.69 Å². The van der Waals surface area contributed by atoms with Crippen LogP contribution in [-0.2, 0) is 9.59 Å². The Hall–Kier alpha value is -2.06. The van der Waals surface area contributed by atoms with Crippen LogP contribution in [0, 0.1) is 0 Å². The van der Waals surface area contributed by atoms with Crippen molar-refractivity contribution in [2.75, 3.05) is 7.11 Å². The summed E-state index contributed by atoms with van der Waals surface area (Å²) < 4.78 is 5.27. The number of benzene rings is 1. The summed E-state index contributed by atoms with van der Waals surface area (Å²) in [7, 11) is 1.43. The summed E-state index contributed by atoms with van der Waals surface area (Å²) in [4.78, 5) is 25.5. The van der Waals surface area contributed by atoms with Gasteiger partial charge in [0.1, 0.15) is 10.4 Å². The van der Waals surface area contributed by atoms with E-state index in [1.54, 1.807) is 18.2 Å². The van der Waals surface area contributed by atoms with Gasteiger partial charge in [0.15, 0.2) is 11.5 Å². The molecule has 24 heavy (non-hydrogen) atoms. The van der Waals surface area contributed by atoms with Crippen molar-refractivity contribution >= 4 is 46.3 Å². The van der Waals surface area contributed by atoms with Gasteiger partial charge in [-0.2, -0.15) is 0 Å². The average Bonchev–Trinajstić information content (AvgIpc) is 2.81. The van der Waals surface area contributed by atoms with Crippen LogP contribution in [0.15, 0.2) is 23.1 Å². The molecule has 0 spiro atoms. The quantitative estimate of drug-likeness (QED) is 0.590. The van der Waals surface area contributed by atoms with Crippen LogP contribution in [0.3, 0.4) is 0 Å². The van der Waals surface area contributed by atoms with Crippen molar-refractivity contribution in [1.29, 1.82) is 0 Å². The van der Waals surface area contributed by atoms with Gasteiger partial charge in [0, 0.05) is 0 Å². The molecule has 1 fully saturated rings. The molecular weight excluding hydrogens is 350 g/mol. The van der Waals surface area contributed by atoms with Crippen molar-refractivity contribution in [1.82, 2.24) is 4.90 Å². The molecule has 128 valence electrons. The van der Waals surface area contributed by atoms with E-state index >= 15 is 0 Å². The Kier molecular flexibility index (Phi) is 5.84. The minimum Gasteiger partial charge on any atom is -0.504 e. The molecule has 6 nitrogen and oxygen atoms in total. The number of aliphatic carboxylic acids is 1.